The number of carbonyl (C=O) groups excluding carboxylic acids is 2. The molecule has 0 unspecified atom stereocenters. The van der Waals surface area contributed by atoms with Crippen LogP contribution in [-0.4, -0.2) is 17.6 Å². The molecule has 6 heteroatoms. The first-order valence-corrected chi connectivity index (χ1v) is 10.5. The van der Waals surface area contributed by atoms with Crippen LogP contribution in [0.3, 0.4) is 0 Å². The van der Waals surface area contributed by atoms with Gasteiger partial charge in [-0.1, -0.05) is 54.1 Å². The summed E-state index contributed by atoms with van der Waals surface area (Å²) in [6, 6.07) is 22.5. The normalized spacial score (nSPS) is 10.4. The Kier molecular flexibility index (Phi) is 7.33. The Bertz CT molecular complexity index is 1010. The number of anilines is 2. The lowest BCUT2D eigenvalue weighted by atomic mass is 10.1. The van der Waals surface area contributed by atoms with Gasteiger partial charge in [-0.05, 0) is 48.4 Å². The molecule has 148 valence electrons. The lowest BCUT2D eigenvalue weighted by Gasteiger charge is -2.09. The van der Waals surface area contributed by atoms with Crippen molar-refractivity contribution in [2.24, 2.45) is 0 Å². The third kappa shape index (κ3) is 6.66. The molecule has 0 heterocycles. The van der Waals surface area contributed by atoms with E-state index in [2.05, 4.69) is 10.6 Å². The van der Waals surface area contributed by atoms with Crippen LogP contribution in [0.2, 0.25) is 5.02 Å². The van der Waals surface area contributed by atoms with Crippen LogP contribution in [0.5, 0.6) is 0 Å². The summed E-state index contributed by atoms with van der Waals surface area (Å²) >= 11 is 7.49. The fourth-order valence-electron chi connectivity index (χ4n) is 2.67. The van der Waals surface area contributed by atoms with Gasteiger partial charge in [0.05, 0.1) is 12.2 Å². The number of rotatable bonds is 7. The molecule has 0 aliphatic carbocycles. The van der Waals surface area contributed by atoms with Gasteiger partial charge in [0.2, 0.25) is 11.8 Å². The molecule has 2 amide bonds. The fraction of sp³-hybridized carbons (Fsp3) is 0.130. The van der Waals surface area contributed by atoms with Crippen molar-refractivity contribution < 1.29 is 9.59 Å². The number of halogens is 1. The largest absolute Gasteiger partial charge is 0.326 e. The third-order valence-electron chi connectivity index (χ3n) is 4.15. The lowest BCUT2D eigenvalue weighted by Crippen LogP contribution is -2.15. The fourth-order valence-corrected chi connectivity index (χ4v) is 3.60. The molecular weight excluding hydrogens is 404 g/mol. The Hall–Kier alpha value is -2.76. The zero-order chi connectivity index (χ0) is 20.6. The highest BCUT2D eigenvalue weighted by atomic mass is 35.5. The summed E-state index contributed by atoms with van der Waals surface area (Å²) in [5.74, 6) is 0.0631. The van der Waals surface area contributed by atoms with Gasteiger partial charge in [0, 0.05) is 21.3 Å². The van der Waals surface area contributed by atoms with Crippen molar-refractivity contribution >= 4 is 46.6 Å². The molecule has 0 aliphatic heterocycles. The maximum absolute atomic E-state index is 12.2. The zero-order valence-corrected chi connectivity index (χ0v) is 17.5. The number of benzene rings is 3. The maximum atomic E-state index is 12.2. The second-order valence-corrected chi connectivity index (χ2v) is 8.00. The number of carbonyl (C=O) groups is 2. The van der Waals surface area contributed by atoms with Crippen molar-refractivity contribution in [3.05, 3.63) is 88.9 Å². The van der Waals surface area contributed by atoms with Crippen molar-refractivity contribution in [3.8, 4) is 0 Å². The molecule has 0 aromatic heterocycles. The molecule has 0 saturated carbocycles. The number of thioether (sulfide) groups is 1. The molecule has 0 aliphatic rings. The molecule has 29 heavy (non-hydrogen) atoms. The minimum atomic E-state index is -0.117. The van der Waals surface area contributed by atoms with Crippen molar-refractivity contribution in [2.45, 2.75) is 18.2 Å². The number of aryl methyl sites for hydroxylation is 1. The predicted octanol–water partition coefficient (Wildman–Crippen LogP) is 5.56. The van der Waals surface area contributed by atoms with Crippen LogP contribution in [0.25, 0.3) is 0 Å². The number of hydrogen-bond donors (Lipinski definition) is 2. The Morgan fingerprint density at radius 2 is 1.59 bits per heavy atom. The standard InChI is InChI=1S/C23H21ClN2O2S/c1-16-10-11-19(14-21(16)24)26-23(28)15-29-20-9-5-8-18(13-20)25-22(27)12-17-6-3-2-4-7-17/h2-11,13-14H,12,15H2,1H3,(H,25,27)(H,26,28). The second-order valence-electron chi connectivity index (χ2n) is 6.54. The second kappa shape index (κ2) is 10.1. The molecule has 3 aromatic carbocycles. The van der Waals surface area contributed by atoms with E-state index in [0.29, 0.717) is 22.8 Å². The molecule has 0 atom stereocenters. The van der Waals surface area contributed by atoms with Crippen molar-refractivity contribution in [3.63, 3.8) is 0 Å². The first-order valence-electron chi connectivity index (χ1n) is 9.12. The van der Waals surface area contributed by atoms with Gasteiger partial charge in [-0.15, -0.1) is 11.8 Å². The quantitative estimate of drug-likeness (QED) is 0.488. The minimum absolute atomic E-state index is 0.0765. The van der Waals surface area contributed by atoms with Gasteiger partial charge in [0.15, 0.2) is 0 Å². The summed E-state index contributed by atoms with van der Waals surface area (Å²) in [6.45, 7) is 1.91. The summed E-state index contributed by atoms with van der Waals surface area (Å²) in [4.78, 5) is 25.3. The van der Waals surface area contributed by atoms with Crippen molar-refractivity contribution in [1.82, 2.24) is 0 Å². The molecule has 3 aromatic rings. The van der Waals surface area contributed by atoms with Gasteiger partial charge in [-0.2, -0.15) is 0 Å². The zero-order valence-electron chi connectivity index (χ0n) is 15.9. The first kappa shape index (κ1) is 21.0. The summed E-state index contributed by atoms with van der Waals surface area (Å²) < 4.78 is 0. The van der Waals surface area contributed by atoms with Crippen molar-refractivity contribution in [1.29, 1.82) is 0 Å². The van der Waals surface area contributed by atoms with Crippen LogP contribution >= 0.6 is 23.4 Å². The monoisotopic (exact) mass is 424 g/mol. The Morgan fingerprint density at radius 3 is 2.34 bits per heavy atom. The van der Waals surface area contributed by atoms with E-state index >= 15 is 0 Å². The van der Waals surface area contributed by atoms with Crippen LogP contribution < -0.4 is 10.6 Å². The predicted molar refractivity (Wildman–Crippen MR) is 121 cm³/mol. The highest BCUT2D eigenvalue weighted by Gasteiger charge is 2.07. The van der Waals surface area contributed by atoms with E-state index in [4.69, 9.17) is 11.6 Å². The van der Waals surface area contributed by atoms with Crippen molar-refractivity contribution in [2.75, 3.05) is 16.4 Å². The smallest absolute Gasteiger partial charge is 0.234 e. The molecule has 0 fully saturated rings. The van der Waals surface area contributed by atoms with Crippen LogP contribution in [0.15, 0.2) is 77.7 Å². The summed E-state index contributed by atoms with van der Waals surface area (Å²) in [7, 11) is 0. The molecule has 0 saturated heterocycles. The van der Waals surface area contributed by atoms with Crippen LogP contribution in [0, 0.1) is 6.92 Å². The molecule has 0 radical (unpaired) electrons. The average Bonchev–Trinajstić information content (AvgIpc) is 2.70. The van der Waals surface area contributed by atoms with E-state index in [-0.39, 0.29) is 17.6 Å². The number of hydrogen-bond acceptors (Lipinski definition) is 3. The van der Waals surface area contributed by atoms with Gasteiger partial charge in [-0.3, -0.25) is 9.59 Å². The van der Waals surface area contributed by atoms with Gasteiger partial charge in [-0.25, -0.2) is 0 Å². The number of amides is 2. The summed E-state index contributed by atoms with van der Waals surface area (Å²) in [6.07, 6.45) is 0.319. The van der Waals surface area contributed by atoms with Crippen LogP contribution in [-0.2, 0) is 16.0 Å². The highest BCUT2D eigenvalue weighted by molar-refractivity contribution is 8.00. The van der Waals surface area contributed by atoms with Gasteiger partial charge >= 0.3 is 0 Å². The minimum Gasteiger partial charge on any atom is -0.326 e. The Balaban J connectivity index is 1.52. The van der Waals surface area contributed by atoms with Crippen LogP contribution in [0.4, 0.5) is 11.4 Å². The molecule has 0 spiro atoms. The van der Waals surface area contributed by atoms with E-state index in [1.54, 1.807) is 6.07 Å². The summed E-state index contributed by atoms with van der Waals surface area (Å²) in [5.41, 5.74) is 3.31. The average molecular weight is 425 g/mol. The SMILES string of the molecule is Cc1ccc(NC(=O)CSc2cccc(NC(=O)Cc3ccccc3)c2)cc1Cl. The van der Waals surface area contributed by atoms with E-state index < -0.39 is 0 Å². The topological polar surface area (TPSA) is 58.2 Å². The Morgan fingerprint density at radius 1 is 0.862 bits per heavy atom. The molecule has 2 N–H and O–H groups in total. The van der Waals surface area contributed by atoms with Gasteiger partial charge in [0.25, 0.3) is 0 Å². The van der Waals surface area contributed by atoms with E-state index in [9.17, 15) is 9.59 Å². The highest BCUT2D eigenvalue weighted by Crippen LogP contribution is 2.23. The third-order valence-corrected chi connectivity index (χ3v) is 5.55. The first-order chi connectivity index (χ1) is 14.0. The van der Waals surface area contributed by atoms with Gasteiger partial charge in [0.1, 0.15) is 0 Å². The van der Waals surface area contributed by atoms with Crippen LogP contribution in [0.1, 0.15) is 11.1 Å². The lowest BCUT2D eigenvalue weighted by molar-refractivity contribution is -0.115. The number of nitrogens with one attached hydrogen (secondary N) is 2. The molecule has 4 nitrogen and oxygen atoms in total. The molecule has 3 rings (SSSR count). The van der Waals surface area contributed by atoms with E-state index in [0.717, 1.165) is 16.0 Å². The maximum Gasteiger partial charge on any atom is 0.234 e. The summed E-state index contributed by atoms with van der Waals surface area (Å²) in [5, 5.41) is 6.36. The molecular formula is C23H21ClN2O2S. The van der Waals surface area contributed by atoms with E-state index in [1.165, 1.54) is 11.8 Å². The Labute approximate surface area is 179 Å². The van der Waals surface area contributed by atoms with Gasteiger partial charge < -0.3 is 10.6 Å². The molecule has 0 bridgehead atoms. The van der Waals surface area contributed by atoms with E-state index in [1.807, 2.05) is 73.7 Å².